The van der Waals surface area contributed by atoms with Crippen molar-refractivity contribution >= 4 is 26.9 Å². The minimum absolute atomic E-state index is 0.145. The summed E-state index contributed by atoms with van der Waals surface area (Å²) in [4.78, 5) is 19.8. The van der Waals surface area contributed by atoms with Crippen LogP contribution in [0.2, 0.25) is 0 Å². The molecule has 4 heterocycles. The minimum atomic E-state index is -3.68. The second-order valence-electron chi connectivity index (χ2n) is 9.81. The van der Waals surface area contributed by atoms with Gasteiger partial charge in [0.25, 0.3) is 0 Å². The first kappa shape index (κ1) is 27.0. The number of rotatable bonds is 9. The maximum Gasteiger partial charge on any atom is 0.219 e. The molecule has 4 aromatic rings. The van der Waals surface area contributed by atoms with E-state index in [0.29, 0.717) is 42.8 Å². The Morgan fingerprint density at radius 1 is 1.13 bits per heavy atom. The lowest BCUT2D eigenvalue weighted by Gasteiger charge is -2.36. The van der Waals surface area contributed by atoms with E-state index in [1.807, 2.05) is 49.4 Å². The van der Waals surface area contributed by atoms with Gasteiger partial charge in [0.1, 0.15) is 23.0 Å². The molecule has 1 aromatic carbocycles. The Morgan fingerprint density at radius 2 is 1.92 bits per heavy atom. The maximum absolute atomic E-state index is 13.4. The highest BCUT2D eigenvalue weighted by molar-refractivity contribution is 7.88. The Morgan fingerprint density at radius 3 is 2.67 bits per heavy atom. The van der Waals surface area contributed by atoms with Crippen LogP contribution in [0.3, 0.4) is 0 Å². The number of hydrogen-bond acceptors (Lipinski definition) is 8. The van der Waals surface area contributed by atoms with E-state index in [0.717, 1.165) is 34.5 Å². The molecule has 1 aliphatic heterocycles. The molecule has 1 aliphatic rings. The van der Waals surface area contributed by atoms with Crippen LogP contribution < -0.4 is 9.64 Å². The lowest BCUT2D eigenvalue weighted by atomic mass is 10.1. The highest BCUT2D eigenvalue weighted by Gasteiger charge is 2.26. The first-order valence-corrected chi connectivity index (χ1v) is 14.6. The Balaban J connectivity index is 1.48. The quantitative estimate of drug-likeness (QED) is 0.334. The standard InChI is InChI=1S/C28H34N6O4S/c1-5-22-17-38-13-12-34(22)27-15-21(18-39(35,36)33(3)16-20-6-8-23(37-4)9-7-20)30-28(32-27)25-11-10-24-26(31-25)14-19(2)29-24/h6-11,14-15,22,29H,5,12-13,16-18H2,1-4H3/t22-/m0/s1. The Kier molecular flexibility index (Phi) is 7.83. The van der Waals surface area contributed by atoms with Crippen LogP contribution in [0.25, 0.3) is 22.6 Å². The van der Waals surface area contributed by atoms with E-state index in [-0.39, 0.29) is 18.3 Å². The first-order valence-electron chi connectivity index (χ1n) is 13.0. The van der Waals surface area contributed by atoms with Crippen LogP contribution in [0.15, 0.2) is 48.5 Å². The number of H-pyrrole nitrogens is 1. The van der Waals surface area contributed by atoms with E-state index in [1.54, 1.807) is 20.2 Å². The van der Waals surface area contributed by atoms with Gasteiger partial charge in [0.15, 0.2) is 5.82 Å². The second kappa shape index (κ2) is 11.3. The molecule has 0 saturated carbocycles. The molecular weight excluding hydrogens is 516 g/mol. The average molecular weight is 551 g/mol. The van der Waals surface area contributed by atoms with Gasteiger partial charge in [0, 0.05) is 31.9 Å². The largest absolute Gasteiger partial charge is 0.497 e. The molecule has 11 heteroatoms. The van der Waals surface area contributed by atoms with Crippen molar-refractivity contribution in [2.24, 2.45) is 0 Å². The molecule has 1 atom stereocenters. The van der Waals surface area contributed by atoms with Gasteiger partial charge in [-0.25, -0.2) is 27.7 Å². The summed E-state index contributed by atoms with van der Waals surface area (Å²) in [6, 6.07) is 15.1. The number of pyridine rings is 1. The molecule has 39 heavy (non-hydrogen) atoms. The molecule has 0 bridgehead atoms. The van der Waals surface area contributed by atoms with Crippen LogP contribution in [0.4, 0.5) is 5.82 Å². The maximum atomic E-state index is 13.4. The average Bonchev–Trinajstić information content (AvgIpc) is 3.32. The van der Waals surface area contributed by atoms with Crippen molar-refractivity contribution in [3.8, 4) is 17.3 Å². The van der Waals surface area contributed by atoms with E-state index in [4.69, 9.17) is 24.4 Å². The zero-order valence-electron chi connectivity index (χ0n) is 22.7. The van der Waals surface area contributed by atoms with Gasteiger partial charge >= 0.3 is 0 Å². The minimum Gasteiger partial charge on any atom is -0.497 e. The van der Waals surface area contributed by atoms with Gasteiger partial charge in [0.05, 0.1) is 43.1 Å². The number of fused-ring (bicyclic) bond motifs is 1. The molecule has 0 amide bonds. The van der Waals surface area contributed by atoms with E-state index >= 15 is 0 Å². The molecule has 5 rings (SSSR count). The van der Waals surface area contributed by atoms with Crippen LogP contribution >= 0.6 is 0 Å². The van der Waals surface area contributed by atoms with Gasteiger partial charge in [-0.1, -0.05) is 19.1 Å². The number of morpholine rings is 1. The SMILES string of the molecule is CC[C@H]1COCCN1c1cc(CS(=O)(=O)N(C)Cc2ccc(OC)cc2)nc(-c2ccc3[nH]c(C)cc3n2)n1. The molecule has 0 unspecified atom stereocenters. The summed E-state index contributed by atoms with van der Waals surface area (Å²) in [6.45, 7) is 6.18. The third kappa shape index (κ3) is 6.05. The molecule has 10 nitrogen and oxygen atoms in total. The number of aromatic amines is 1. The number of ether oxygens (including phenoxy) is 2. The van der Waals surface area contributed by atoms with Gasteiger partial charge in [-0.05, 0) is 49.2 Å². The van der Waals surface area contributed by atoms with Crippen LogP contribution in [0.1, 0.15) is 30.3 Å². The summed E-state index contributed by atoms with van der Waals surface area (Å²) in [5.74, 6) is 1.55. The predicted octanol–water partition coefficient (Wildman–Crippen LogP) is 3.91. The third-order valence-corrected chi connectivity index (χ3v) is 8.71. The van der Waals surface area contributed by atoms with Crippen LogP contribution in [-0.4, -0.2) is 72.6 Å². The summed E-state index contributed by atoms with van der Waals surface area (Å²) in [6.07, 6.45) is 0.879. The molecular formula is C28H34N6O4S. The zero-order valence-corrected chi connectivity index (χ0v) is 23.5. The number of benzene rings is 1. The Bertz CT molecular complexity index is 1550. The van der Waals surface area contributed by atoms with E-state index < -0.39 is 10.0 Å². The lowest BCUT2D eigenvalue weighted by Crippen LogP contribution is -2.45. The van der Waals surface area contributed by atoms with Crippen molar-refractivity contribution < 1.29 is 17.9 Å². The van der Waals surface area contributed by atoms with Crippen molar-refractivity contribution in [1.82, 2.24) is 24.2 Å². The number of sulfonamides is 1. The zero-order chi connectivity index (χ0) is 27.6. The van der Waals surface area contributed by atoms with Gasteiger partial charge in [-0.3, -0.25) is 0 Å². The number of methoxy groups -OCH3 is 1. The highest BCUT2D eigenvalue weighted by atomic mass is 32.2. The Hall–Kier alpha value is -3.54. The van der Waals surface area contributed by atoms with E-state index in [1.165, 1.54) is 4.31 Å². The number of aryl methyl sites for hydroxylation is 1. The fraction of sp³-hybridized carbons (Fsp3) is 0.393. The molecule has 0 spiro atoms. The fourth-order valence-corrected chi connectivity index (χ4v) is 5.85. The number of nitrogens with zero attached hydrogens (tertiary/aromatic N) is 5. The normalized spacial score (nSPS) is 16.2. The van der Waals surface area contributed by atoms with Crippen molar-refractivity contribution in [3.63, 3.8) is 0 Å². The number of anilines is 1. The molecule has 1 saturated heterocycles. The lowest BCUT2D eigenvalue weighted by molar-refractivity contribution is 0.0925. The second-order valence-corrected chi connectivity index (χ2v) is 11.9. The van der Waals surface area contributed by atoms with Crippen molar-refractivity contribution in [2.45, 2.75) is 38.6 Å². The number of aromatic nitrogens is 4. The molecule has 0 aliphatic carbocycles. The summed E-state index contributed by atoms with van der Waals surface area (Å²) in [7, 11) is -0.497. The van der Waals surface area contributed by atoms with E-state index in [2.05, 4.69) is 16.8 Å². The van der Waals surface area contributed by atoms with Gasteiger partial charge < -0.3 is 19.4 Å². The summed E-state index contributed by atoms with van der Waals surface area (Å²) < 4.78 is 39.1. The highest BCUT2D eigenvalue weighted by Crippen LogP contribution is 2.26. The molecule has 206 valence electrons. The topological polar surface area (TPSA) is 114 Å². The van der Waals surface area contributed by atoms with Crippen LogP contribution in [-0.2, 0) is 27.1 Å². The smallest absolute Gasteiger partial charge is 0.219 e. The number of nitrogens with one attached hydrogen (secondary N) is 1. The molecule has 0 radical (unpaired) electrons. The van der Waals surface area contributed by atoms with Gasteiger partial charge in [-0.2, -0.15) is 0 Å². The molecule has 3 aromatic heterocycles. The first-order chi connectivity index (χ1) is 18.8. The van der Waals surface area contributed by atoms with Crippen molar-refractivity contribution in [1.29, 1.82) is 0 Å². The summed E-state index contributed by atoms with van der Waals surface area (Å²) in [5.41, 5.74) is 4.62. The molecule has 1 fully saturated rings. The van der Waals surface area contributed by atoms with Crippen LogP contribution in [0, 0.1) is 6.92 Å². The van der Waals surface area contributed by atoms with Crippen molar-refractivity contribution in [3.05, 3.63) is 65.5 Å². The monoisotopic (exact) mass is 550 g/mol. The van der Waals surface area contributed by atoms with E-state index in [9.17, 15) is 8.42 Å². The predicted molar refractivity (Wildman–Crippen MR) is 151 cm³/mol. The third-order valence-electron chi connectivity index (χ3n) is 6.97. The summed E-state index contributed by atoms with van der Waals surface area (Å²) in [5, 5.41) is 0. The summed E-state index contributed by atoms with van der Waals surface area (Å²) >= 11 is 0. The molecule has 1 N–H and O–H groups in total. The van der Waals surface area contributed by atoms with Crippen molar-refractivity contribution in [2.75, 3.05) is 38.8 Å². The van der Waals surface area contributed by atoms with Gasteiger partial charge in [0.2, 0.25) is 10.0 Å². The Labute approximate surface area is 229 Å². The fourth-order valence-electron chi connectivity index (χ4n) is 4.77. The van der Waals surface area contributed by atoms with Crippen LogP contribution in [0.5, 0.6) is 5.75 Å². The number of hydrogen-bond donors (Lipinski definition) is 1. The van der Waals surface area contributed by atoms with Gasteiger partial charge in [-0.15, -0.1) is 0 Å².